The summed E-state index contributed by atoms with van der Waals surface area (Å²) in [5.74, 6) is -1.42. The molecule has 0 aliphatic rings. The number of non-ortho nitro benzene ring substituents is 1. The summed E-state index contributed by atoms with van der Waals surface area (Å²) < 4.78 is 9.64. The number of carbonyl (C=O) groups excluding carboxylic acids is 3. The van der Waals surface area contributed by atoms with Crippen LogP contribution in [0.15, 0.2) is 42.5 Å². The van der Waals surface area contributed by atoms with Crippen LogP contribution in [0.3, 0.4) is 0 Å². The lowest BCUT2D eigenvalue weighted by Gasteiger charge is -2.09. The maximum Gasteiger partial charge on any atom is 0.411 e. The summed E-state index contributed by atoms with van der Waals surface area (Å²) in [6.07, 6.45) is -0.621. The molecule has 29 heavy (non-hydrogen) atoms. The number of nitrogens with one attached hydrogen (secondary N) is 2. The zero-order valence-electron chi connectivity index (χ0n) is 15.1. The molecule has 0 bridgehead atoms. The number of amides is 2. The number of rotatable bonds is 7. The Morgan fingerprint density at radius 2 is 1.76 bits per heavy atom. The first kappa shape index (κ1) is 21.6. The van der Waals surface area contributed by atoms with Gasteiger partial charge in [-0.3, -0.25) is 20.2 Å². The molecule has 10 nitrogen and oxygen atoms in total. The normalized spacial score (nSPS) is 10.0. The second-order valence-electron chi connectivity index (χ2n) is 5.47. The molecule has 0 atom stereocenters. The second-order valence-corrected chi connectivity index (χ2v) is 5.88. The molecule has 0 saturated heterocycles. The molecule has 0 aliphatic heterocycles. The Labute approximate surface area is 169 Å². The van der Waals surface area contributed by atoms with Crippen molar-refractivity contribution in [3.63, 3.8) is 0 Å². The van der Waals surface area contributed by atoms with Gasteiger partial charge in [0.15, 0.2) is 6.61 Å². The number of hydrogen-bond donors (Lipinski definition) is 2. The lowest BCUT2D eigenvalue weighted by atomic mass is 10.2. The molecule has 2 aromatic rings. The average Bonchev–Trinajstić information content (AvgIpc) is 2.68. The fourth-order valence-electron chi connectivity index (χ4n) is 2.09. The van der Waals surface area contributed by atoms with Crippen molar-refractivity contribution in [1.29, 1.82) is 0 Å². The Morgan fingerprint density at radius 3 is 2.34 bits per heavy atom. The van der Waals surface area contributed by atoms with Crippen LogP contribution in [0.4, 0.5) is 21.9 Å². The summed E-state index contributed by atoms with van der Waals surface area (Å²) in [6.45, 7) is 1.31. The molecule has 152 valence electrons. The largest absolute Gasteiger partial charge is 0.452 e. The highest BCUT2D eigenvalue weighted by Gasteiger charge is 2.14. The molecular weight excluding hydrogens is 406 g/mol. The van der Waals surface area contributed by atoms with Gasteiger partial charge in [0.1, 0.15) is 0 Å². The van der Waals surface area contributed by atoms with E-state index in [0.717, 1.165) is 6.07 Å². The molecule has 0 fully saturated rings. The maximum atomic E-state index is 12.0. The summed E-state index contributed by atoms with van der Waals surface area (Å²) in [7, 11) is 0. The number of carbonyl (C=O) groups is 3. The quantitative estimate of drug-likeness (QED) is 0.395. The van der Waals surface area contributed by atoms with Gasteiger partial charge in [-0.15, -0.1) is 0 Å². The Kier molecular flexibility index (Phi) is 7.49. The number of anilines is 2. The molecule has 0 radical (unpaired) electrons. The van der Waals surface area contributed by atoms with Gasteiger partial charge in [0.05, 0.1) is 27.8 Å². The lowest BCUT2D eigenvalue weighted by molar-refractivity contribution is -0.384. The highest BCUT2D eigenvalue weighted by molar-refractivity contribution is 6.34. The number of benzene rings is 2. The van der Waals surface area contributed by atoms with Gasteiger partial charge in [0.25, 0.3) is 11.6 Å². The molecule has 2 N–H and O–H groups in total. The minimum atomic E-state index is -0.752. The first-order valence-corrected chi connectivity index (χ1v) is 8.62. The predicted molar refractivity (Wildman–Crippen MR) is 104 cm³/mol. The molecule has 0 spiro atoms. The van der Waals surface area contributed by atoms with Gasteiger partial charge in [0.2, 0.25) is 0 Å². The van der Waals surface area contributed by atoms with Gasteiger partial charge in [-0.2, -0.15) is 0 Å². The van der Waals surface area contributed by atoms with Crippen LogP contribution in [-0.4, -0.2) is 36.1 Å². The number of esters is 1. The fourth-order valence-corrected chi connectivity index (χ4v) is 2.32. The van der Waals surface area contributed by atoms with Crippen LogP contribution in [0.25, 0.3) is 0 Å². The van der Waals surface area contributed by atoms with Crippen molar-refractivity contribution in [3.05, 3.63) is 63.2 Å². The topological polar surface area (TPSA) is 137 Å². The smallest absolute Gasteiger partial charge is 0.411 e. The third kappa shape index (κ3) is 6.47. The van der Waals surface area contributed by atoms with E-state index in [4.69, 9.17) is 21.1 Å². The van der Waals surface area contributed by atoms with Crippen molar-refractivity contribution < 1.29 is 28.8 Å². The monoisotopic (exact) mass is 421 g/mol. The Bertz CT molecular complexity index is 932. The van der Waals surface area contributed by atoms with Gasteiger partial charge in [-0.1, -0.05) is 11.6 Å². The van der Waals surface area contributed by atoms with Crippen LogP contribution in [0.5, 0.6) is 0 Å². The first-order chi connectivity index (χ1) is 13.8. The molecule has 2 rings (SSSR count). The Hall–Kier alpha value is -3.66. The van der Waals surface area contributed by atoms with Gasteiger partial charge in [-0.25, -0.2) is 9.59 Å². The summed E-state index contributed by atoms with van der Waals surface area (Å²) >= 11 is 5.88. The zero-order valence-corrected chi connectivity index (χ0v) is 15.9. The molecule has 2 amide bonds. The van der Waals surface area contributed by atoms with Crippen molar-refractivity contribution in [1.82, 2.24) is 0 Å². The summed E-state index contributed by atoms with van der Waals surface area (Å²) in [4.78, 5) is 45.3. The van der Waals surface area contributed by atoms with Crippen LogP contribution in [0.1, 0.15) is 17.3 Å². The maximum absolute atomic E-state index is 12.0. The Balaban J connectivity index is 1.87. The molecule has 0 unspecified atom stereocenters. The second kappa shape index (κ2) is 10.0. The van der Waals surface area contributed by atoms with Crippen molar-refractivity contribution in [3.8, 4) is 0 Å². The standard InChI is InChI=1S/C18H16ClN3O7/c1-2-28-18(25)20-12-5-3-11(4-6-12)17(24)29-10-16(23)21-15-8-7-13(22(26)27)9-14(15)19/h3-9H,2,10H2,1H3,(H,20,25)(H,21,23). The van der Waals surface area contributed by atoms with Crippen LogP contribution in [-0.2, 0) is 14.3 Å². The van der Waals surface area contributed by atoms with E-state index in [0.29, 0.717) is 5.69 Å². The fraction of sp³-hybridized carbons (Fsp3) is 0.167. The van der Waals surface area contributed by atoms with Crippen LogP contribution in [0, 0.1) is 10.1 Å². The number of hydrogen-bond acceptors (Lipinski definition) is 7. The van der Waals surface area contributed by atoms with E-state index >= 15 is 0 Å². The van der Waals surface area contributed by atoms with Gasteiger partial charge in [-0.05, 0) is 37.3 Å². The first-order valence-electron chi connectivity index (χ1n) is 8.25. The van der Waals surface area contributed by atoms with Gasteiger partial charge < -0.3 is 14.8 Å². The summed E-state index contributed by atoms with van der Waals surface area (Å²) in [5, 5.41) is 15.5. The van der Waals surface area contributed by atoms with E-state index < -0.39 is 29.5 Å². The predicted octanol–water partition coefficient (Wildman–Crippen LogP) is 3.61. The highest BCUT2D eigenvalue weighted by Crippen LogP contribution is 2.26. The highest BCUT2D eigenvalue weighted by atomic mass is 35.5. The van der Waals surface area contributed by atoms with Crippen molar-refractivity contribution in [2.45, 2.75) is 6.92 Å². The van der Waals surface area contributed by atoms with E-state index in [1.54, 1.807) is 6.92 Å². The van der Waals surface area contributed by atoms with Gasteiger partial charge >= 0.3 is 12.1 Å². The van der Waals surface area contributed by atoms with E-state index in [2.05, 4.69) is 10.6 Å². The van der Waals surface area contributed by atoms with E-state index in [9.17, 15) is 24.5 Å². The van der Waals surface area contributed by atoms with Crippen molar-refractivity contribution >= 4 is 46.6 Å². The van der Waals surface area contributed by atoms with E-state index in [1.165, 1.54) is 36.4 Å². The van der Waals surface area contributed by atoms with E-state index in [1.807, 2.05) is 0 Å². The average molecular weight is 422 g/mol. The third-order valence-corrected chi connectivity index (χ3v) is 3.73. The van der Waals surface area contributed by atoms with Crippen molar-refractivity contribution in [2.24, 2.45) is 0 Å². The molecule has 0 heterocycles. The molecule has 0 saturated carbocycles. The van der Waals surface area contributed by atoms with Crippen molar-refractivity contribution in [2.75, 3.05) is 23.8 Å². The van der Waals surface area contributed by atoms with Gasteiger partial charge in [0, 0.05) is 17.8 Å². The summed E-state index contributed by atoms with van der Waals surface area (Å²) in [5.41, 5.74) is 0.513. The number of ether oxygens (including phenoxy) is 2. The molecule has 2 aromatic carbocycles. The lowest BCUT2D eigenvalue weighted by Crippen LogP contribution is -2.21. The summed E-state index contributed by atoms with van der Waals surface area (Å²) in [6, 6.07) is 9.32. The van der Waals surface area contributed by atoms with Crippen LogP contribution in [0.2, 0.25) is 5.02 Å². The minimum Gasteiger partial charge on any atom is -0.452 e. The molecule has 0 aromatic heterocycles. The molecule has 11 heteroatoms. The molecular formula is C18H16ClN3O7. The van der Waals surface area contributed by atoms with E-state index in [-0.39, 0.29) is 28.6 Å². The number of halogens is 1. The van der Waals surface area contributed by atoms with Crippen LogP contribution >= 0.6 is 11.6 Å². The van der Waals surface area contributed by atoms with Crippen LogP contribution < -0.4 is 10.6 Å². The zero-order chi connectivity index (χ0) is 21.4. The number of nitrogens with zero attached hydrogens (tertiary/aromatic N) is 1. The number of nitro benzene ring substituents is 1. The number of nitro groups is 1. The Morgan fingerprint density at radius 1 is 1.07 bits per heavy atom. The molecule has 0 aliphatic carbocycles. The third-order valence-electron chi connectivity index (χ3n) is 3.41. The SMILES string of the molecule is CCOC(=O)Nc1ccc(C(=O)OCC(=O)Nc2ccc([N+](=O)[O-])cc2Cl)cc1. The minimum absolute atomic E-state index is 0.0245.